The van der Waals surface area contributed by atoms with Gasteiger partial charge >= 0.3 is 0 Å². The van der Waals surface area contributed by atoms with Crippen molar-refractivity contribution in [2.24, 2.45) is 0 Å². The van der Waals surface area contributed by atoms with Crippen molar-refractivity contribution in [3.05, 3.63) is 48.2 Å². The van der Waals surface area contributed by atoms with E-state index in [0.717, 1.165) is 35.4 Å². The van der Waals surface area contributed by atoms with Crippen LogP contribution in [0.25, 0.3) is 11.3 Å². The average Bonchev–Trinajstić information content (AvgIpc) is 3.09. The second-order valence-corrected chi connectivity index (χ2v) is 7.82. The molecule has 3 heterocycles. The zero-order valence-corrected chi connectivity index (χ0v) is 16.6. The normalized spacial score (nSPS) is 23.2. The van der Waals surface area contributed by atoms with Gasteiger partial charge in [0.25, 0.3) is 0 Å². The van der Waals surface area contributed by atoms with Crippen LogP contribution < -0.4 is 20.7 Å². The highest BCUT2D eigenvalue weighted by atomic mass is 32.1. The minimum atomic E-state index is -0.0650. The topological polar surface area (TPSA) is 75.3 Å². The van der Waals surface area contributed by atoms with E-state index in [9.17, 15) is 4.79 Å². The predicted molar refractivity (Wildman–Crippen MR) is 112 cm³/mol. The summed E-state index contributed by atoms with van der Waals surface area (Å²) < 4.78 is 6.17. The number of hydrogen-bond acceptors (Lipinski definition) is 4. The van der Waals surface area contributed by atoms with Gasteiger partial charge in [-0.1, -0.05) is 18.2 Å². The smallest absolute Gasteiger partial charge is 0.222 e. The lowest BCUT2D eigenvalue weighted by atomic mass is 10.0. The fourth-order valence-electron chi connectivity index (χ4n) is 3.83. The Kier molecular flexibility index (Phi) is 5.43. The molecule has 1 amide bonds. The van der Waals surface area contributed by atoms with Gasteiger partial charge in [0.1, 0.15) is 11.9 Å². The first-order valence-electron chi connectivity index (χ1n) is 9.62. The number of pyridine rings is 1. The summed E-state index contributed by atoms with van der Waals surface area (Å²) in [5.41, 5.74) is 3.04. The quantitative estimate of drug-likeness (QED) is 0.673. The molecule has 0 aliphatic carbocycles. The van der Waals surface area contributed by atoms with E-state index in [1.807, 2.05) is 30.3 Å². The number of carbonyl (C=O) groups is 1. The Morgan fingerprint density at radius 2 is 2.18 bits per heavy atom. The van der Waals surface area contributed by atoms with Crippen LogP contribution in [0.2, 0.25) is 0 Å². The molecule has 2 aromatic rings. The summed E-state index contributed by atoms with van der Waals surface area (Å²) in [6.07, 6.45) is 3.77. The van der Waals surface area contributed by atoms with Crippen LogP contribution in [0.4, 0.5) is 0 Å². The number of amides is 1. The van der Waals surface area contributed by atoms with Crippen LogP contribution in [0.15, 0.2) is 42.6 Å². The zero-order chi connectivity index (χ0) is 19.5. The van der Waals surface area contributed by atoms with Crippen molar-refractivity contribution in [3.8, 4) is 17.0 Å². The number of aromatic nitrogens is 1. The molecule has 28 heavy (non-hydrogen) atoms. The fourth-order valence-corrected chi connectivity index (χ4v) is 4.20. The summed E-state index contributed by atoms with van der Waals surface area (Å²) in [6, 6.07) is 12.3. The van der Waals surface area contributed by atoms with Gasteiger partial charge in [-0.15, -0.1) is 0 Å². The molecule has 7 heteroatoms. The van der Waals surface area contributed by atoms with E-state index in [2.05, 4.69) is 33.9 Å². The molecule has 0 bridgehead atoms. The number of carbonyl (C=O) groups excluding carboxylic acids is 1. The van der Waals surface area contributed by atoms with Gasteiger partial charge in [-0.05, 0) is 49.3 Å². The van der Waals surface area contributed by atoms with Crippen LogP contribution >= 0.6 is 12.2 Å². The van der Waals surface area contributed by atoms with Crippen LogP contribution in [0.3, 0.4) is 0 Å². The highest BCUT2D eigenvalue weighted by Crippen LogP contribution is 2.37. The number of ether oxygens (including phenoxy) is 1. The van der Waals surface area contributed by atoms with Crippen LogP contribution in [-0.4, -0.2) is 40.7 Å². The molecule has 1 aromatic carbocycles. The first-order chi connectivity index (χ1) is 13.6. The number of rotatable bonds is 5. The maximum absolute atomic E-state index is 12.4. The molecule has 3 unspecified atom stereocenters. The average molecular weight is 397 g/mol. The molecule has 0 spiro atoms. The van der Waals surface area contributed by atoms with Crippen molar-refractivity contribution in [1.82, 2.24) is 20.9 Å². The molecule has 1 fully saturated rings. The van der Waals surface area contributed by atoms with E-state index in [1.165, 1.54) is 0 Å². The zero-order valence-electron chi connectivity index (χ0n) is 15.8. The van der Waals surface area contributed by atoms with Gasteiger partial charge in [0.05, 0.1) is 12.2 Å². The molecular weight excluding hydrogens is 372 g/mol. The second-order valence-electron chi connectivity index (χ2n) is 7.41. The van der Waals surface area contributed by atoms with Crippen molar-refractivity contribution < 1.29 is 9.53 Å². The minimum absolute atomic E-state index is 0.0129. The largest absolute Gasteiger partial charge is 0.487 e. The molecule has 1 aromatic heterocycles. The third-order valence-electron chi connectivity index (χ3n) is 5.08. The van der Waals surface area contributed by atoms with Crippen LogP contribution in [0.1, 0.15) is 25.3 Å². The molecule has 2 aliphatic rings. The van der Waals surface area contributed by atoms with Gasteiger partial charge in [0.15, 0.2) is 5.11 Å². The summed E-state index contributed by atoms with van der Waals surface area (Å²) in [5.74, 6) is 0.888. The number of thiocarbonyl (C=S) groups is 1. The van der Waals surface area contributed by atoms with Crippen LogP contribution in [-0.2, 0) is 11.2 Å². The molecule has 0 saturated carbocycles. The Morgan fingerprint density at radius 3 is 2.96 bits per heavy atom. The molecule has 146 valence electrons. The first-order valence-corrected chi connectivity index (χ1v) is 10.0. The molecule has 3 atom stereocenters. The Bertz CT molecular complexity index is 874. The summed E-state index contributed by atoms with van der Waals surface area (Å²) in [4.78, 5) is 16.8. The van der Waals surface area contributed by atoms with Crippen LogP contribution in [0, 0.1) is 0 Å². The highest BCUT2D eigenvalue weighted by Gasteiger charge is 2.27. The molecule has 6 nitrogen and oxygen atoms in total. The maximum Gasteiger partial charge on any atom is 0.222 e. The SMILES string of the molecule is CC1CC(CC(=O)NCC2Cc3cccc(-c4ccccn4)c3O2)NC(=S)N1. The number of fused-ring (bicyclic) bond motifs is 1. The van der Waals surface area contributed by atoms with Crippen molar-refractivity contribution in [1.29, 1.82) is 0 Å². The fraction of sp³-hybridized carbons (Fsp3) is 0.381. The maximum atomic E-state index is 12.4. The summed E-state index contributed by atoms with van der Waals surface area (Å²) in [5, 5.41) is 9.95. The summed E-state index contributed by atoms with van der Waals surface area (Å²) >= 11 is 5.18. The Morgan fingerprint density at radius 1 is 1.29 bits per heavy atom. The van der Waals surface area contributed by atoms with Crippen LogP contribution in [0.5, 0.6) is 5.75 Å². The van der Waals surface area contributed by atoms with E-state index < -0.39 is 0 Å². The standard InChI is InChI=1S/C21H24N4O2S/c1-13-9-15(25-21(28)24-13)11-19(26)23-12-16-10-14-5-4-6-17(20(14)27-16)18-7-2-3-8-22-18/h2-8,13,15-16H,9-12H2,1H3,(H,23,26)(H2,24,25,28). The Hall–Kier alpha value is -2.67. The summed E-state index contributed by atoms with van der Waals surface area (Å²) in [6.45, 7) is 2.56. The van der Waals surface area contributed by atoms with Gasteiger partial charge in [-0.25, -0.2) is 0 Å². The summed E-state index contributed by atoms with van der Waals surface area (Å²) in [7, 11) is 0. The third-order valence-corrected chi connectivity index (χ3v) is 5.31. The van der Waals surface area contributed by atoms with E-state index in [0.29, 0.717) is 18.1 Å². The number of nitrogens with one attached hydrogen (secondary N) is 3. The number of para-hydroxylation sites is 1. The van der Waals surface area contributed by atoms with E-state index in [1.54, 1.807) is 6.20 Å². The molecule has 3 N–H and O–H groups in total. The molecule has 4 rings (SSSR count). The monoisotopic (exact) mass is 396 g/mol. The van der Waals surface area contributed by atoms with Crippen molar-refractivity contribution >= 4 is 23.2 Å². The van der Waals surface area contributed by atoms with Gasteiger partial charge in [0.2, 0.25) is 5.91 Å². The highest BCUT2D eigenvalue weighted by molar-refractivity contribution is 7.80. The minimum Gasteiger partial charge on any atom is -0.487 e. The lowest BCUT2D eigenvalue weighted by Crippen LogP contribution is -2.54. The van der Waals surface area contributed by atoms with E-state index in [4.69, 9.17) is 17.0 Å². The van der Waals surface area contributed by atoms with Crippen molar-refractivity contribution in [2.75, 3.05) is 6.54 Å². The Balaban J connectivity index is 1.33. The predicted octanol–water partition coefficient (Wildman–Crippen LogP) is 2.18. The van der Waals surface area contributed by atoms with E-state index >= 15 is 0 Å². The van der Waals surface area contributed by atoms with Gasteiger partial charge in [0, 0.05) is 36.7 Å². The molecule has 1 saturated heterocycles. The van der Waals surface area contributed by atoms with E-state index in [-0.39, 0.29) is 24.1 Å². The number of nitrogens with zero attached hydrogens (tertiary/aromatic N) is 1. The molecule has 2 aliphatic heterocycles. The third kappa shape index (κ3) is 4.25. The molecule has 0 radical (unpaired) electrons. The second kappa shape index (κ2) is 8.14. The Labute approximate surface area is 170 Å². The first kappa shape index (κ1) is 18.7. The van der Waals surface area contributed by atoms with Gasteiger partial charge in [-0.3, -0.25) is 9.78 Å². The lowest BCUT2D eigenvalue weighted by molar-refractivity contribution is -0.121. The lowest BCUT2D eigenvalue weighted by Gasteiger charge is -2.30. The number of hydrogen-bond donors (Lipinski definition) is 3. The molecular formula is C21H24N4O2S. The van der Waals surface area contributed by atoms with Gasteiger partial charge in [-0.2, -0.15) is 0 Å². The van der Waals surface area contributed by atoms with Gasteiger partial charge < -0.3 is 20.7 Å². The van der Waals surface area contributed by atoms with Crippen molar-refractivity contribution in [2.45, 2.75) is 44.4 Å². The number of benzene rings is 1. The van der Waals surface area contributed by atoms with Crippen molar-refractivity contribution in [3.63, 3.8) is 0 Å².